The number of rotatable bonds is 2. The lowest BCUT2D eigenvalue weighted by molar-refractivity contribution is -0.115. The molecule has 1 amide bonds. The Morgan fingerprint density at radius 3 is 2.56 bits per heavy atom. The van der Waals surface area contributed by atoms with Gasteiger partial charge in [-0.1, -0.05) is 47.2 Å². The van der Waals surface area contributed by atoms with Crippen LogP contribution >= 0.6 is 47.2 Å². The zero-order chi connectivity index (χ0) is 19.4. The zero-order valence-corrected chi connectivity index (χ0v) is 17.1. The first-order valence-corrected chi connectivity index (χ1v) is 9.70. The molecule has 0 spiro atoms. The van der Waals surface area contributed by atoms with Crippen molar-refractivity contribution in [1.29, 1.82) is 0 Å². The van der Waals surface area contributed by atoms with Crippen molar-refractivity contribution < 1.29 is 13.6 Å². The summed E-state index contributed by atoms with van der Waals surface area (Å²) in [5.41, 5.74) is 0.741. The minimum absolute atomic E-state index is 0.215. The number of amides is 1. The van der Waals surface area contributed by atoms with E-state index in [2.05, 4.69) is 5.32 Å². The molecule has 1 aliphatic heterocycles. The van der Waals surface area contributed by atoms with Gasteiger partial charge in [0, 0.05) is 16.7 Å². The van der Waals surface area contributed by atoms with Gasteiger partial charge in [-0.2, -0.15) is 0 Å². The third kappa shape index (κ3) is 5.26. The molecule has 1 aliphatic rings. The Balaban J connectivity index is 0.000000299. The van der Waals surface area contributed by atoms with Crippen LogP contribution in [0.5, 0.6) is 0 Å². The van der Waals surface area contributed by atoms with Crippen LogP contribution in [0.1, 0.15) is 11.5 Å². The maximum Gasteiger partial charge on any atom is 0.263 e. The van der Waals surface area contributed by atoms with E-state index < -0.39 is 0 Å². The van der Waals surface area contributed by atoms with Crippen LogP contribution in [0.2, 0.25) is 10.0 Å². The fourth-order valence-corrected chi connectivity index (χ4v) is 3.70. The van der Waals surface area contributed by atoms with Gasteiger partial charge in [-0.3, -0.25) is 4.79 Å². The first kappa shape index (κ1) is 19.8. The normalized spacial score (nSPS) is 14.9. The molecule has 4 rings (SSSR count). The highest BCUT2D eigenvalue weighted by Crippen LogP contribution is 2.33. The molecule has 138 valence electrons. The van der Waals surface area contributed by atoms with Gasteiger partial charge in [0.25, 0.3) is 5.91 Å². The molecule has 0 aliphatic carbocycles. The van der Waals surface area contributed by atoms with Gasteiger partial charge in [0.05, 0.1) is 16.2 Å². The molecule has 4 nitrogen and oxygen atoms in total. The second-order valence-electron chi connectivity index (χ2n) is 5.40. The SMILES string of the molecule is Cc1ccco1.O=C1NC(=S)S/C1=C/c1ccc(-c2ccc(Cl)cc2Cl)o1. The third-order valence-corrected chi connectivity index (χ3v) is 5.11. The quantitative estimate of drug-likeness (QED) is 0.374. The Kier molecular flexibility index (Phi) is 6.44. The summed E-state index contributed by atoms with van der Waals surface area (Å²) in [6.07, 6.45) is 3.31. The summed E-state index contributed by atoms with van der Waals surface area (Å²) in [5, 5.41) is 3.62. The second kappa shape index (κ2) is 8.80. The maximum atomic E-state index is 11.6. The maximum absolute atomic E-state index is 11.6. The molecular formula is C19H13Cl2NO3S2. The fourth-order valence-electron chi connectivity index (χ4n) is 2.18. The fraction of sp³-hybridized carbons (Fsp3) is 0.0526. The van der Waals surface area contributed by atoms with Crippen molar-refractivity contribution in [1.82, 2.24) is 5.32 Å². The number of nitrogens with one attached hydrogen (secondary N) is 1. The van der Waals surface area contributed by atoms with Gasteiger partial charge in [0.15, 0.2) is 0 Å². The predicted octanol–water partition coefficient (Wildman–Crippen LogP) is 6.33. The van der Waals surface area contributed by atoms with Crippen LogP contribution in [0.3, 0.4) is 0 Å². The molecule has 1 aromatic carbocycles. The van der Waals surface area contributed by atoms with Gasteiger partial charge in [-0.25, -0.2) is 0 Å². The Bertz CT molecular complexity index is 1010. The number of halogens is 2. The van der Waals surface area contributed by atoms with Gasteiger partial charge in [0.2, 0.25) is 0 Å². The van der Waals surface area contributed by atoms with Crippen molar-refractivity contribution in [3.63, 3.8) is 0 Å². The summed E-state index contributed by atoms with van der Waals surface area (Å²) in [4.78, 5) is 12.1. The number of aryl methyl sites for hydroxylation is 1. The van der Waals surface area contributed by atoms with Crippen molar-refractivity contribution in [2.45, 2.75) is 6.92 Å². The molecule has 27 heavy (non-hydrogen) atoms. The first-order chi connectivity index (χ1) is 12.9. The Labute approximate surface area is 175 Å². The van der Waals surface area contributed by atoms with E-state index >= 15 is 0 Å². The molecule has 1 saturated heterocycles. The van der Waals surface area contributed by atoms with Gasteiger partial charge in [0.1, 0.15) is 21.6 Å². The van der Waals surface area contributed by atoms with E-state index in [1.54, 1.807) is 42.7 Å². The van der Waals surface area contributed by atoms with Crippen LogP contribution in [0.15, 0.2) is 62.5 Å². The molecule has 0 radical (unpaired) electrons. The highest BCUT2D eigenvalue weighted by atomic mass is 35.5. The van der Waals surface area contributed by atoms with Crippen molar-refractivity contribution in [2.24, 2.45) is 0 Å². The number of hydrogen-bond acceptors (Lipinski definition) is 5. The predicted molar refractivity (Wildman–Crippen MR) is 114 cm³/mol. The van der Waals surface area contributed by atoms with E-state index in [1.165, 1.54) is 11.8 Å². The van der Waals surface area contributed by atoms with Crippen LogP contribution in [-0.4, -0.2) is 10.2 Å². The van der Waals surface area contributed by atoms with E-state index in [4.69, 9.17) is 44.3 Å². The minimum Gasteiger partial charge on any atom is -0.470 e. The lowest BCUT2D eigenvalue weighted by atomic mass is 10.2. The van der Waals surface area contributed by atoms with Gasteiger partial charge in [-0.15, -0.1) is 0 Å². The number of thioether (sulfide) groups is 1. The molecular weight excluding hydrogens is 425 g/mol. The lowest BCUT2D eigenvalue weighted by Gasteiger charge is -2.00. The van der Waals surface area contributed by atoms with Crippen molar-refractivity contribution in [3.05, 3.63) is 75.2 Å². The van der Waals surface area contributed by atoms with Gasteiger partial charge >= 0.3 is 0 Å². The average molecular weight is 438 g/mol. The first-order valence-electron chi connectivity index (χ1n) is 7.72. The molecule has 1 N–H and O–H groups in total. The monoisotopic (exact) mass is 437 g/mol. The minimum atomic E-state index is -0.215. The summed E-state index contributed by atoms with van der Waals surface area (Å²) in [5.74, 6) is 1.91. The van der Waals surface area contributed by atoms with Crippen LogP contribution < -0.4 is 5.32 Å². The largest absolute Gasteiger partial charge is 0.470 e. The molecule has 2 aromatic heterocycles. The van der Waals surface area contributed by atoms with E-state index in [0.717, 1.165) is 11.3 Å². The molecule has 3 aromatic rings. The molecule has 3 heterocycles. The zero-order valence-electron chi connectivity index (χ0n) is 14.0. The smallest absolute Gasteiger partial charge is 0.263 e. The molecule has 0 unspecified atom stereocenters. The summed E-state index contributed by atoms with van der Waals surface area (Å²) < 4.78 is 11.0. The lowest BCUT2D eigenvalue weighted by Crippen LogP contribution is -2.17. The van der Waals surface area contributed by atoms with E-state index in [9.17, 15) is 4.79 Å². The standard InChI is InChI=1S/C14H7Cl2NO2S2.C5H6O/c15-7-1-3-9(10(16)5-7)11-4-2-8(19-11)6-12-13(18)17-14(20)21-12;1-5-3-2-4-6-5/h1-6H,(H,17,18,20);2-4H,1H3/b12-6+;. The topological polar surface area (TPSA) is 55.4 Å². The van der Waals surface area contributed by atoms with Crippen LogP contribution in [-0.2, 0) is 4.79 Å². The van der Waals surface area contributed by atoms with Gasteiger partial charge in [-0.05, 0) is 49.4 Å². The van der Waals surface area contributed by atoms with E-state index in [-0.39, 0.29) is 5.91 Å². The summed E-state index contributed by atoms with van der Waals surface area (Å²) in [7, 11) is 0. The number of thiocarbonyl (C=S) groups is 1. The van der Waals surface area contributed by atoms with Crippen molar-refractivity contribution in [2.75, 3.05) is 0 Å². The summed E-state index contributed by atoms with van der Waals surface area (Å²) >= 11 is 18.1. The highest BCUT2D eigenvalue weighted by molar-refractivity contribution is 8.26. The van der Waals surface area contributed by atoms with Crippen molar-refractivity contribution in [3.8, 4) is 11.3 Å². The second-order valence-corrected chi connectivity index (χ2v) is 7.96. The van der Waals surface area contributed by atoms with Crippen molar-refractivity contribution >= 4 is 63.5 Å². The molecule has 0 atom stereocenters. The Morgan fingerprint density at radius 2 is 2.00 bits per heavy atom. The number of benzene rings is 1. The average Bonchev–Trinajstić information content (AvgIpc) is 3.32. The number of furan rings is 2. The highest BCUT2D eigenvalue weighted by Gasteiger charge is 2.22. The van der Waals surface area contributed by atoms with Crippen LogP contribution in [0.4, 0.5) is 0 Å². The Morgan fingerprint density at radius 1 is 1.19 bits per heavy atom. The van der Waals surface area contributed by atoms with Crippen LogP contribution in [0.25, 0.3) is 17.4 Å². The Hall–Kier alpha value is -1.99. The van der Waals surface area contributed by atoms with Gasteiger partial charge < -0.3 is 14.2 Å². The molecule has 0 saturated carbocycles. The summed E-state index contributed by atoms with van der Waals surface area (Å²) in [6.45, 7) is 1.92. The van der Waals surface area contributed by atoms with E-state index in [1.807, 2.05) is 19.1 Å². The van der Waals surface area contributed by atoms with Crippen LogP contribution in [0, 0.1) is 6.92 Å². The molecule has 0 bridgehead atoms. The number of carbonyl (C=O) groups is 1. The summed E-state index contributed by atoms with van der Waals surface area (Å²) in [6, 6.07) is 12.5. The third-order valence-electron chi connectivity index (χ3n) is 3.40. The van der Waals surface area contributed by atoms with E-state index in [0.29, 0.717) is 30.8 Å². The number of carbonyl (C=O) groups excluding carboxylic acids is 1. The number of hydrogen-bond donors (Lipinski definition) is 1. The molecule has 1 fully saturated rings. The molecule has 8 heteroatoms.